The molecule has 0 aromatic carbocycles. The zero-order chi connectivity index (χ0) is 31.2. The van der Waals surface area contributed by atoms with E-state index in [1.807, 2.05) is 13.8 Å². The number of methoxy groups -OCH3 is 2. The predicted molar refractivity (Wildman–Crippen MR) is 162 cm³/mol. The van der Waals surface area contributed by atoms with Crippen LogP contribution in [-0.2, 0) is 33.2 Å². The lowest BCUT2D eigenvalue weighted by Crippen LogP contribution is -2.64. The number of ether oxygens (including phenoxy) is 7. The maximum Gasteiger partial charge on any atom is 0.161 e. The Morgan fingerprint density at radius 3 is 2.25 bits per heavy atom. The number of rotatable bonds is 6. The van der Waals surface area contributed by atoms with Gasteiger partial charge in [0.2, 0.25) is 0 Å². The van der Waals surface area contributed by atoms with Crippen molar-refractivity contribution in [2.24, 2.45) is 28.6 Å². The van der Waals surface area contributed by atoms with Crippen molar-refractivity contribution in [1.29, 1.82) is 0 Å². The minimum absolute atomic E-state index is 0.0621. The SMILES string of the molecule is CO[C@H]1C[C@H](O[C@H]2CC[C@@]3(C)C(=CC[C@@H]4[C@@H]3C[C@H]3O[C@H](C)[C@@H]5CC[C@@]4(O)[C@]35C)C2)O[C@H](C)[C@H]1O[C@H]1C[C@@H](OC)[C@H](O)[C@@H](C)O1. The number of aliphatic hydroxyl groups excluding tert-OH is 1. The van der Waals surface area contributed by atoms with E-state index < -0.39 is 18.0 Å². The Hall–Kier alpha value is -0.620. The molecule has 2 N–H and O–H groups in total. The molecule has 0 unspecified atom stereocenters. The van der Waals surface area contributed by atoms with E-state index in [1.54, 1.807) is 14.2 Å². The van der Waals surface area contributed by atoms with Gasteiger partial charge in [-0.25, -0.2) is 0 Å². The van der Waals surface area contributed by atoms with Crippen molar-refractivity contribution in [2.45, 2.75) is 166 Å². The molecule has 0 radical (unpaired) electrons. The van der Waals surface area contributed by atoms with Gasteiger partial charge in [0.15, 0.2) is 12.6 Å². The molecule has 17 atom stereocenters. The lowest BCUT2D eigenvalue weighted by Gasteiger charge is -2.61. The Bertz CT molecular complexity index is 1100. The van der Waals surface area contributed by atoms with Crippen molar-refractivity contribution < 1.29 is 43.4 Å². The summed E-state index contributed by atoms with van der Waals surface area (Å²) in [6.45, 7) is 10.8. The number of allylic oxidation sites excluding steroid dienone is 1. The van der Waals surface area contributed by atoms with Gasteiger partial charge in [-0.05, 0) is 88.9 Å². The van der Waals surface area contributed by atoms with Gasteiger partial charge in [-0.15, -0.1) is 0 Å². The lowest BCUT2D eigenvalue weighted by atomic mass is 9.45. The minimum Gasteiger partial charge on any atom is -0.389 e. The van der Waals surface area contributed by atoms with Gasteiger partial charge < -0.3 is 43.4 Å². The Balaban J connectivity index is 0.997. The highest BCUT2D eigenvalue weighted by molar-refractivity contribution is 5.30. The molecule has 3 aliphatic heterocycles. The third-order valence-corrected chi connectivity index (χ3v) is 13.9. The molecule has 0 amide bonds. The molecule has 0 aromatic rings. The van der Waals surface area contributed by atoms with Crippen LogP contribution in [0.3, 0.4) is 0 Å². The largest absolute Gasteiger partial charge is 0.389 e. The Morgan fingerprint density at radius 2 is 1.50 bits per heavy atom. The van der Waals surface area contributed by atoms with Crippen molar-refractivity contribution in [3.63, 3.8) is 0 Å². The van der Waals surface area contributed by atoms with Gasteiger partial charge >= 0.3 is 0 Å². The summed E-state index contributed by atoms with van der Waals surface area (Å²) < 4.78 is 43.4. The molecule has 3 saturated heterocycles. The molecule has 9 nitrogen and oxygen atoms in total. The van der Waals surface area contributed by atoms with Crippen LogP contribution < -0.4 is 0 Å². The van der Waals surface area contributed by atoms with Crippen molar-refractivity contribution >= 4 is 0 Å². The normalized spacial score (nSPS) is 56.9. The zero-order valence-electron chi connectivity index (χ0n) is 27.8. The van der Waals surface area contributed by atoms with Gasteiger partial charge in [-0.3, -0.25) is 0 Å². The third kappa shape index (κ3) is 4.73. The molecule has 9 heteroatoms. The molecule has 3 saturated carbocycles. The van der Waals surface area contributed by atoms with Crippen LogP contribution in [0, 0.1) is 28.6 Å². The standard InChI is InChI=1S/C35H56O9/c1-18-23-11-13-35(37)24-9-8-21-14-22(10-12-33(21,4)25(24)15-28(40-18)34(23,35)5)43-29-17-27(39-7)32(20(3)42-29)44-30-16-26(38-6)31(36)19(2)41-30/h8,18-20,22-32,36-37H,9-17H2,1-7H3/t18-,19-,20-,22+,23+,24-,25+,26-,27+,28-,29+,30+,31-,32-,33+,34+,35+/m1/s1. The molecule has 44 heavy (non-hydrogen) atoms. The summed E-state index contributed by atoms with van der Waals surface area (Å²) in [7, 11) is 3.31. The van der Waals surface area contributed by atoms with E-state index in [2.05, 4.69) is 26.8 Å². The lowest BCUT2D eigenvalue weighted by molar-refractivity contribution is -0.319. The molecule has 4 aliphatic carbocycles. The first-order valence-corrected chi connectivity index (χ1v) is 17.4. The van der Waals surface area contributed by atoms with Gasteiger partial charge in [0.25, 0.3) is 0 Å². The number of hydrogen-bond acceptors (Lipinski definition) is 9. The van der Waals surface area contributed by atoms with Gasteiger partial charge in [-0.1, -0.05) is 25.5 Å². The van der Waals surface area contributed by atoms with Crippen LogP contribution in [0.25, 0.3) is 0 Å². The molecule has 7 rings (SSSR count). The Labute approximate surface area is 263 Å². The van der Waals surface area contributed by atoms with Crippen LogP contribution >= 0.6 is 0 Å². The van der Waals surface area contributed by atoms with E-state index in [0.29, 0.717) is 30.6 Å². The third-order valence-electron chi connectivity index (χ3n) is 13.9. The topological polar surface area (TPSA) is 105 Å². The second-order valence-corrected chi connectivity index (χ2v) is 15.7. The summed E-state index contributed by atoms with van der Waals surface area (Å²) in [4.78, 5) is 0. The van der Waals surface area contributed by atoms with Crippen molar-refractivity contribution in [3.05, 3.63) is 11.6 Å². The molecule has 7 aliphatic rings. The van der Waals surface area contributed by atoms with E-state index in [1.165, 1.54) is 5.57 Å². The van der Waals surface area contributed by atoms with Gasteiger partial charge in [-0.2, -0.15) is 0 Å². The smallest absolute Gasteiger partial charge is 0.161 e. The average Bonchev–Trinajstić information content (AvgIpc) is 3.42. The Kier molecular flexibility index (Phi) is 8.36. The van der Waals surface area contributed by atoms with Gasteiger partial charge in [0.05, 0.1) is 48.3 Å². The van der Waals surface area contributed by atoms with E-state index in [9.17, 15) is 10.2 Å². The fourth-order valence-electron chi connectivity index (χ4n) is 11.2. The number of hydrogen-bond donors (Lipinski definition) is 2. The summed E-state index contributed by atoms with van der Waals surface area (Å²) in [5.74, 6) is 1.20. The van der Waals surface area contributed by atoms with Crippen LogP contribution in [-0.4, -0.2) is 97.5 Å². The van der Waals surface area contributed by atoms with Crippen molar-refractivity contribution in [2.75, 3.05) is 14.2 Å². The van der Waals surface area contributed by atoms with E-state index in [4.69, 9.17) is 33.2 Å². The fraction of sp³-hybridized carbons (Fsp3) is 0.943. The molecule has 3 heterocycles. The second-order valence-electron chi connectivity index (χ2n) is 15.7. The van der Waals surface area contributed by atoms with Gasteiger partial charge in [0, 0.05) is 32.5 Å². The van der Waals surface area contributed by atoms with E-state index in [-0.39, 0.29) is 66.0 Å². The van der Waals surface area contributed by atoms with Crippen LogP contribution in [0.5, 0.6) is 0 Å². The Morgan fingerprint density at radius 1 is 0.795 bits per heavy atom. The summed E-state index contributed by atoms with van der Waals surface area (Å²) in [5.41, 5.74) is 0.791. The van der Waals surface area contributed by atoms with E-state index >= 15 is 0 Å². The van der Waals surface area contributed by atoms with Crippen LogP contribution in [0.4, 0.5) is 0 Å². The van der Waals surface area contributed by atoms with Crippen molar-refractivity contribution in [3.8, 4) is 0 Å². The predicted octanol–water partition coefficient (Wildman–Crippen LogP) is 4.51. The quantitative estimate of drug-likeness (QED) is 0.415. The highest BCUT2D eigenvalue weighted by atomic mass is 16.7. The molecule has 0 spiro atoms. The highest BCUT2D eigenvalue weighted by Gasteiger charge is 2.73. The summed E-state index contributed by atoms with van der Waals surface area (Å²) in [5, 5.41) is 22.7. The van der Waals surface area contributed by atoms with Gasteiger partial charge in [0.1, 0.15) is 12.2 Å². The summed E-state index contributed by atoms with van der Waals surface area (Å²) >= 11 is 0. The maximum atomic E-state index is 12.4. The van der Waals surface area contributed by atoms with Crippen LogP contribution in [0.15, 0.2) is 11.6 Å². The zero-order valence-corrected chi connectivity index (χ0v) is 27.8. The molecule has 0 aromatic heterocycles. The summed E-state index contributed by atoms with van der Waals surface area (Å²) in [6.07, 6.45) is 7.79. The van der Waals surface area contributed by atoms with Crippen molar-refractivity contribution in [1.82, 2.24) is 0 Å². The second kappa shape index (κ2) is 11.5. The highest BCUT2D eigenvalue weighted by Crippen LogP contribution is 2.71. The minimum atomic E-state index is -0.684. The monoisotopic (exact) mass is 620 g/mol. The van der Waals surface area contributed by atoms with E-state index in [0.717, 1.165) is 44.9 Å². The molecular weight excluding hydrogens is 564 g/mol. The molecular formula is C35H56O9. The average molecular weight is 621 g/mol. The first kappa shape index (κ1) is 32.0. The summed E-state index contributed by atoms with van der Waals surface area (Å²) in [6, 6.07) is 0. The number of aliphatic hydroxyl groups is 2. The maximum absolute atomic E-state index is 12.4. The van der Waals surface area contributed by atoms with Crippen LogP contribution in [0.1, 0.15) is 92.4 Å². The molecule has 6 fully saturated rings. The number of fused-ring (bicyclic) bond motifs is 4. The molecule has 0 bridgehead atoms. The first-order chi connectivity index (χ1) is 20.9. The van der Waals surface area contributed by atoms with Crippen LogP contribution in [0.2, 0.25) is 0 Å². The molecule has 250 valence electrons. The fourth-order valence-corrected chi connectivity index (χ4v) is 11.2. The first-order valence-electron chi connectivity index (χ1n) is 17.4.